The number of hydrogen-bond acceptors (Lipinski definition) is 3. The van der Waals surface area contributed by atoms with E-state index in [1.54, 1.807) is 11.0 Å². The number of nitrogens with zero attached hydrogens (tertiary/aromatic N) is 1. The molecule has 1 atom stereocenters. The standard InChI is InChI=1S/C9H15NO3/c1-2-3-9(12)10-4-5-13-8(6-10)7-11/h2,8,11H,1,3-7H2. The summed E-state index contributed by atoms with van der Waals surface area (Å²) in [6.45, 7) is 5.09. The molecular weight excluding hydrogens is 170 g/mol. The monoisotopic (exact) mass is 185 g/mol. The van der Waals surface area contributed by atoms with Gasteiger partial charge in [-0.25, -0.2) is 0 Å². The summed E-state index contributed by atoms with van der Waals surface area (Å²) in [6.07, 6.45) is 1.73. The van der Waals surface area contributed by atoms with Gasteiger partial charge in [0.2, 0.25) is 5.91 Å². The lowest BCUT2D eigenvalue weighted by Crippen LogP contribution is -2.46. The molecule has 0 aromatic rings. The number of aliphatic hydroxyl groups is 1. The van der Waals surface area contributed by atoms with Crippen molar-refractivity contribution in [2.45, 2.75) is 12.5 Å². The molecule has 4 heteroatoms. The van der Waals surface area contributed by atoms with Gasteiger partial charge < -0.3 is 14.7 Å². The second-order valence-electron chi connectivity index (χ2n) is 3.01. The van der Waals surface area contributed by atoms with E-state index in [1.807, 2.05) is 0 Å². The summed E-state index contributed by atoms with van der Waals surface area (Å²) in [5.74, 6) is 0.0525. The van der Waals surface area contributed by atoms with Crippen LogP contribution in [0.3, 0.4) is 0 Å². The molecule has 1 aliphatic heterocycles. The van der Waals surface area contributed by atoms with Crippen LogP contribution in [-0.4, -0.2) is 48.3 Å². The maximum Gasteiger partial charge on any atom is 0.226 e. The minimum atomic E-state index is -0.220. The van der Waals surface area contributed by atoms with Crippen LogP contribution in [0, 0.1) is 0 Å². The van der Waals surface area contributed by atoms with Gasteiger partial charge in [-0.15, -0.1) is 6.58 Å². The lowest BCUT2D eigenvalue weighted by Gasteiger charge is -2.31. The van der Waals surface area contributed by atoms with E-state index in [1.165, 1.54) is 0 Å². The highest BCUT2D eigenvalue weighted by atomic mass is 16.5. The van der Waals surface area contributed by atoms with E-state index in [9.17, 15) is 4.79 Å². The highest BCUT2D eigenvalue weighted by Gasteiger charge is 2.22. The Morgan fingerprint density at radius 1 is 1.77 bits per heavy atom. The van der Waals surface area contributed by atoms with Crippen molar-refractivity contribution in [1.29, 1.82) is 0 Å². The van der Waals surface area contributed by atoms with Crippen molar-refractivity contribution in [3.63, 3.8) is 0 Å². The van der Waals surface area contributed by atoms with Gasteiger partial charge in [0.15, 0.2) is 0 Å². The van der Waals surface area contributed by atoms with Crippen LogP contribution in [0.15, 0.2) is 12.7 Å². The zero-order chi connectivity index (χ0) is 9.68. The first-order valence-electron chi connectivity index (χ1n) is 4.39. The zero-order valence-corrected chi connectivity index (χ0v) is 7.61. The smallest absolute Gasteiger partial charge is 0.226 e. The summed E-state index contributed by atoms with van der Waals surface area (Å²) < 4.78 is 5.22. The van der Waals surface area contributed by atoms with E-state index in [-0.39, 0.29) is 18.6 Å². The Morgan fingerprint density at radius 3 is 3.15 bits per heavy atom. The molecule has 13 heavy (non-hydrogen) atoms. The lowest BCUT2D eigenvalue weighted by molar-refractivity contribution is -0.139. The fraction of sp³-hybridized carbons (Fsp3) is 0.667. The molecule has 1 saturated heterocycles. The minimum Gasteiger partial charge on any atom is -0.394 e. The summed E-state index contributed by atoms with van der Waals surface area (Å²) in [6, 6.07) is 0. The van der Waals surface area contributed by atoms with Gasteiger partial charge in [0.1, 0.15) is 0 Å². The molecule has 0 aliphatic carbocycles. The minimum absolute atomic E-state index is 0.0299. The Morgan fingerprint density at radius 2 is 2.54 bits per heavy atom. The van der Waals surface area contributed by atoms with Gasteiger partial charge in [0.05, 0.1) is 19.3 Å². The first-order valence-corrected chi connectivity index (χ1v) is 4.39. The number of morpholine rings is 1. The number of aliphatic hydroxyl groups excluding tert-OH is 1. The van der Waals surface area contributed by atoms with Crippen molar-refractivity contribution in [3.05, 3.63) is 12.7 Å². The number of ether oxygens (including phenoxy) is 1. The second kappa shape index (κ2) is 4.99. The van der Waals surface area contributed by atoms with Crippen molar-refractivity contribution < 1.29 is 14.6 Å². The molecule has 0 saturated carbocycles. The van der Waals surface area contributed by atoms with E-state index in [0.29, 0.717) is 26.1 Å². The Hall–Kier alpha value is -0.870. The van der Waals surface area contributed by atoms with Crippen LogP contribution in [-0.2, 0) is 9.53 Å². The Kier molecular flexibility index (Phi) is 3.92. The fourth-order valence-electron chi connectivity index (χ4n) is 1.31. The van der Waals surface area contributed by atoms with Crippen LogP contribution in [0.4, 0.5) is 0 Å². The topological polar surface area (TPSA) is 49.8 Å². The Balaban J connectivity index is 2.41. The third-order valence-corrected chi connectivity index (χ3v) is 2.01. The van der Waals surface area contributed by atoms with Crippen LogP contribution in [0.5, 0.6) is 0 Å². The van der Waals surface area contributed by atoms with Crippen molar-refractivity contribution in [2.24, 2.45) is 0 Å². The van der Waals surface area contributed by atoms with Crippen LogP contribution in [0.25, 0.3) is 0 Å². The van der Waals surface area contributed by atoms with Crippen molar-refractivity contribution >= 4 is 5.91 Å². The number of carbonyl (C=O) groups is 1. The van der Waals surface area contributed by atoms with Crippen LogP contribution in [0.1, 0.15) is 6.42 Å². The Labute approximate surface area is 77.8 Å². The molecule has 0 spiro atoms. The summed E-state index contributed by atoms with van der Waals surface area (Å²) in [4.78, 5) is 13.1. The van der Waals surface area contributed by atoms with Crippen LogP contribution in [0.2, 0.25) is 0 Å². The average molecular weight is 185 g/mol. The highest BCUT2D eigenvalue weighted by molar-refractivity contribution is 5.77. The normalized spacial score (nSPS) is 22.8. The number of amides is 1. The maximum atomic E-state index is 11.4. The number of hydrogen-bond donors (Lipinski definition) is 1. The SMILES string of the molecule is C=CCC(=O)N1CCOC(CO)C1. The maximum absolute atomic E-state index is 11.4. The zero-order valence-electron chi connectivity index (χ0n) is 7.61. The predicted octanol–water partition coefficient (Wildman–Crippen LogP) is -0.218. The summed E-state index contributed by atoms with van der Waals surface area (Å²) in [5.41, 5.74) is 0. The van der Waals surface area contributed by atoms with Crippen LogP contribution >= 0.6 is 0 Å². The molecule has 1 aliphatic rings. The van der Waals surface area contributed by atoms with Gasteiger partial charge in [-0.2, -0.15) is 0 Å². The molecule has 1 heterocycles. The van der Waals surface area contributed by atoms with E-state index in [0.717, 1.165) is 0 Å². The van der Waals surface area contributed by atoms with Crippen molar-refractivity contribution in [2.75, 3.05) is 26.3 Å². The van der Waals surface area contributed by atoms with Gasteiger partial charge in [0, 0.05) is 19.5 Å². The quantitative estimate of drug-likeness (QED) is 0.618. The molecule has 1 amide bonds. The third kappa shape index (κ3) is 2.82. The van der Waals surface area contributed by atoms with Crippen molar-refractivity contribution in [1.82, 2.24) is 4.90 Å². The first-order chi connectivity index (χ1) is 6.27. The van der Waals surface area contributed by atoms with E-state index in [2.05, 4.69) is 6.58 Å². The molecule has 4 nitrogen and oxygen atoms in total. The van der Waals surface area contributed by atoms with Gasteiger partial charge in [-0.3, -0.25) is 4.79 Å². The molecule has 1 rings (SSSR count). The first kappa shape index (κ1) is 10.2. The summed E-state index contributed by atoms with van der Waals surface area (Å²) in [5, 5.41) is 8.84. The average Bonchev–Trinajstić information content (AvgIpc) is 2.18. The van der Waals surface area contributed by atoms with E-state index in [4.69, 9.17) is 9.84 Å². The molecule has 0 radical (unpaired) electrons. The van der Waals surface area contributed by atoms with Gasteiger partial charge in [-0.1, -0.05) is 6.08 Å². The second-order valence-corrected chi connectivity index (χ2v) is 3.01. The molecule has 74 valence electrons. The Bertz CT molecular complexity index is 193. The molecular formula is C9H15NO3. The summed E-state index contributed by atoms with van der Waals surface area (Å²) >= 11 is 0. The molecule has 1 fully saturated rings. The number of rotatable bonds is 3. The largest absolute Gasteiger partial charge is 0.394 e. The van der Waals surface area contributed by atoms with Crippen LogP contribution < -0.4 is 0 Å². The lowest BCUT2D eigenvalue weighted by atomic mass is 10.2. The van der Waals surface area contributed by atoms with Crippen molar-refractivity contribution in [3.8, 4) is 0 Å². The third-order valence-electron chi connectivity index (χ3n) is 2.01. The van der Waals surface area contributed by atoms with Gasteiger partial charge >= 0.3 is 0 Å². The summed E-state index contributed by atoms with van der Waals surface area (Å²) in [7, 11) is 0. The van der Waals surface area contributed by atoms with E-state index >= 15 is 0 Å². The number of carbonyl (C=O) groups excluding carboxylic acids is 1. The van der Waals surface area contributed by atoms with Gasteiger partial charge in [-0.05, 0) is 0 Å². The molecule has 0 aromatic heterocycles. The van der Waals surface area contributed by atoms with Gasteiger partial charge in [0.25, 0.3) is 0 Å². The molecule has 1 N–H and O–H groups in total. The van der Waals surface area contributed by atoms with E-state index < -0.39 is 0 Å². The molecule has 0 aromatic carbocycles. The molecule has 0 bridgehead atoms. The predicted molar refractivity (Wildman–Crippen MR) is 48.2 cm³/mol. The highest BCUT2D eigenvalue weighted by Crippen LogP contribution is 2.06. The molecule has 1 unspecified atom stereocenters. The fourth-order valence-corrected chi connectivity index (χ4v) is 1.31.